The topological polar surface area (TPSA) is 100 Å². The lowest BCUT2D eigenvalue weighted by molar-refractivity contribution is -0.140. The molecule has 1 saturated heterocycles. The number of thioether (sulfide) groups is 1. The summed E-state index contributed by atoms with van der Waals surface area (Å²) in [6.45, 7) is 0.889. The van der Waals surface area contributed by atoms with Crippen LogP contribution in [0.1, 0.15) is 0 Å². The zero-order chi connectivity index (χ0) is 13.0. The zero-order valence-corrected chi connectivity index (χ0v) is 10.3. The van der Waals surface area contributed by atoms with Crippen molar-refractivity contribution >= 4 is 23.8 Å². The van der Waals surface area contributed by atoms with Crippen molar-refractivity contribution in [3.05, 3.63) is 12.4 Å². The highest BCUT2D eigenvalue weighted by atomic mass is 32.2. The summed E-state index contributed by atoms with van der Waals surface area (Å²) in [6, 6.07) is -1.09. The highest BCUT2D eigenvalue weighted by Gasteiger charge is 2.34. The molecule has 1 aromatic rings. The molecule has 8 nitrogen and oxygen atoms in total. The van der Waals surface area contributed by atoms with Crippen molar-refractivity contribution < 1.29 is 14.7 Å². The molecule has 1 aliphatic heterocycles. The van der Waals surface area contributed by atoms with Gasteiger partial charge >= 0.3 is 12.0 Å². The lowest BCUT2D eigenvalue weighted by Crippen LogP contribution is -2.47. The van der Waals surface area contributed by atoms with Gasteiger partial charge in [0.25, 0.3) is 0 Å². The highest BCUT2D eigenvalue weighted by Crippen LogP contribution is 2.20. The minimum atomic E-state index is -0.966. The Morgan fingerprint density at radius 3 is 3.06 bits per heavy atom. The summed E-state index contributed by atoms with van der Waals surface area (Å²) in [7, 11) is 0. The fourth-order valence-corrected chi connectivity index (χ4v) is 2.72. The van der Waals surface area contributed by atoms with Crippen molar-refractivity contribution in [1.29, 1.82) is 0 Å². The Morgan fingerprint density at radius 1 is 1.56 bits per heavy atom. The van der Waals surface area contributed by atoms with E-state index in [0.717, 1.165) is 0 Å². The first kappa shape index (κ1) is 12.7. The van der Waals surface area contributed by atoms with E-state index in [1.165, 1.54) is 16.7 Å². The summed E-state index contributed by atoms with van der Waals surface area (Å²) in [6.07, 6.45) is 3.25. The number of urea groups is 1. The summed E-state index contributed by atoms with van der Waals surface area (Å²) in [5, 5.41) is 19.0. The smallest absolute Gasteiger partial charge is 0.327 e. The molecule has 0 bridgehead atoms. The number of amides is 2. The van der Waals surface area contributed by atoms with Crippen molar-refractivity contribution in [3.63, 3.8) is 0 Å². The quantitative estimate of drug-likeness (QED) is 0.762. The van der Waals surface area contributed by atoms with Crippen molar-refractivity contribution in [2.24, 2.45) is 0 Å². The second-order valence-corrected chi connectivity index (χ2v) is 4.72. The molecule has 2 N–H and O–H groups in total. The molecule has 2 rings (SSSR count). The van der Waals surface area contributed by atoms with Crippen LogP contribution in [0.3, 0.4) is 0 Å². The number of carboxylic acids is 1. The van der Waals surface area contributed by atoms with Crippen LogP contribution in [0, 0.1) is 0 Å². The van der Waals surface area contributed by atoms with Crippen LogP contribution in [0.15, 0.2) is 12.4 Å². The zero-order valence-electron chi connectivity index (χ0n) is 9.52. The summed E-state index contributed by atoms with van der Waals surface area (Å²) < 4.78 is 1.59. The molecular weight excluding hydrogens is 258 g/mol. The van der Waals surface area contributed by atoms with Gasteiger partial charge in [-0.1, -0.05) is 5.21 Å². The van der Waals surface area contributed by atoms with Gasteiger partial charge in [0.15, 0.2) is 0 Å². The van der Waals surface area contributed by atoms with Gasteiger partial charge in [-0.25, -0.2) is 9.59 Å². The molecule has 0 saturated carbocycles. The molecule has 0 aliphatic carbocycles. The number of rotatable bonds is 4. The average molecular weight is 271 g/mol. The third-order valence-corrected chi connectivity index (χ3v) is 3.53. The molecule has 1 aromatic heterocycles. The van der Waals surface area contributed by atoms with Gasteiger partial charge in [-0.15, -0.1) is 16.9 Å². The largest absolute Gasteiger partial charge is 0.480 e. The molecular formula is C9H13N5O3S. The van der Waals surface area contributed by atoms with Gasteiger partial charge in [-0.3, -0.25) is 4.68 Å². The Kier molecular flexibility index (Phi) is 4.03. The third-order valence-electron chi connectivity index (χ3n) is 2.52. The van der Waals surface area contributed by atoms with Crippen molar-refractivity contribution in [2.75, 3.05) is 18.2 Å². The Hall–Kier alpha value is -1.77. The predicted octanol–water partition coefficient (Wildman–Crippen LogP) is -0.553. The summed E-state index contributed by atoms with van der Waals surface area (Å²) in [4.78, 5) is 24.0. The molecule has 0 aromatic carbocycles. The van der Waals surface area contributed by atoms with Crippen LogP contribution in [-0.4, -0.2) is 61.2 Å². The number of aromatic nitrogens is 3. The minimum absolute atomic E-state index is 0.354. The van der Waals surface area contributed by atoms with Crippen LogP contribution in [0.25, 0.3) is 0 Å². The van der Waals surface area contributed by atoms with E-state index >= 15 is 0 Å². The first-order chi connectivity index (χ1) is 8.68. The van der Waals surface area contributed by atoms with Gasteiger partial charge in [0, 0.05) is 18.5 Å². The van der Waals surface area contributed by atoms with Crippen LogP contribution in [0.5, 0.6) is 0 Å². The molecule has 18 heavy (non-hydrogen) atoms. The molecule has 1 fully saturated rings. The van der Waals surface area contributed by atoms with Gasteiger partial charge in [0.1, 0.15) is 6.04 Å². The number of nitrogens with one attached hydrogen (secondary N) is 1. The number of hydrogen-bond donors (Lipinski definition) is 2. The maximum atomic E-state index is 11.8. The van der Waals surface area contributed by atoms with Gasteiger partial charge < -0.3 is 15.3 Å². The van der Waals surface area contributed by atoms with Crippen LogP contribution in [0.4, 0.5) is 4.79 Å². The second-order valence-electron chi connectivity index (χ2n) is 3.72. The van der Waals surface area contributed by atoms with Gasteiger partial charge in [-0.2, -0.15) is 0 Å². The number of carboxylic acid groups (broad SMARTS) is 1. The molecule has 98 valence electrons. The highest BCUT2D eigenvalue weighted by molar-refractivity contribution is 7.99. The fourth-order valence-electron chi connectivity index (χ4n) is 1.58. The lowest BCUT2D eigenvalue weighted by atomic mass is 10.3. The molecule has 1 atom stereocenters. The van der Waals surface area contributed by atoms with Crippen molar-refractivity contribution in [2.45, 2.75) is 12.6 Å². The van der Waals surface area contributed by atoms with Gasteiger partial charge in [0.2, 0.25) is 0 Å². The molecule has 2 amide bonds. The number of hydrogen-bond acceptors (Lipinski definition) is 5. The fraction of sp³-hybridized carbons (Fsp3) is 0.556. The molecule has 1 unspecified atom stereocenters. The summed E-state index contributed by atoms with van der Waals surface area (Å²) in [5.74, 6) is -0.121. The summed E-state index contributed by atoms with van der Waals surface area (Å²) in [5.41, 5.74) is 0. The van der Waals surface area contributed by atoms with E-state index in [1.54, 1.807) is 17.1 Å². The van der Waals surface area contributed by atoms with Crippen LogP contribution in [-0.2, 0) is 11.3 Å². The van der Waals surface area contributed by atoms with Crippen molar-refractivity contribution in [1.82, 2.24) is 25.2 Å². The monoisotopic (exact) mass is 271 g/mol. The summed E-state index contributed by atoms with van der Waals surface area (Å²) >= 11 is 1.43. The van der Waals surface area contributed by atoms with E-state index in [2.05, 4.69) is 15.6 Å². The van der Waals surface area contributed by atoms with Crippen molar-refractivity contribution in [3.8, 4) is 0 Å². The van der Waals surface area contributed by atoms with E-state index in [9.17, 15) is 9.59 Å². The van der Waals surface area contributed by atoms with Crippen LogP contribution >= 0.6 is 11.8 Å². The number of carbonyl (C=O) groups excluding carboxylic acids is 1. The van der Waals surface area contributed by atoms with E-state index in [-0.39, 0.29) is 6.03 Å². The Morgan fingerprint density at radius 2 is 2.39 bits per heavy atom. The van der Waals surface area contributed by atoms with Gasteiger partial charge in [-0.05, 0) is 0 Å². The molecule has 1 aliphatic rings. The van der Waals surface area contributed by atoms with E-state index in [4.69, 9.17) is 5.11 Å². The van der Waals surface area contributed by atoms with E-state index < -0.39 is 12.0 Å². The molecule has 0 spiro atoms. The predicted molar refractivity (Wildman–Crippen MR) is 64.0 cm³/mol. The third kappa shape index (κ3) is 2.92. The molecule has 2 heterocycles. The maximum absolute atomic E-state index is 11.8. The Labute approximate surface area is 107 Å². The maximum Gasteiger partial charge on any atom is 0.327 e. The average Bonchev–Trinajstić information content (AvgIpc) is 2.99. The number of aliphatic carboxylic acids is 1. The second kappa shape index (κ2) is 5.71. The molecule has 9 heteroatoms. The SMILES string of the molecule is O=C(O)C1CSCN1C(=O)NCCn1ccnn1. The Bertz CT molecular complexity index is 424. The standard InChI is InChI=1S/C9H13N5O3S/c15-8(16)7-5-18-6-14(7)9(17)10-1-3-13-4-2-11-12-13/h2,4,7H,1,3,5-6H2,(H,10,17)(H,15,16). The first-order valence-corrected chi connectivity index (χ1v) is 6.53. The van der Waals surface area contributed by atoms with E-state index in [0.29, 0.717) is 24.7 Å². The van der Waals surface area contributed by atoms with Crippen LogP contribution < -0.4 is 5.32 Å². The molecule has 0 radical (unpaired) electrons. The lowest BCUT2D eigenvalue weighted by Gasteiger charge is -2.20. The number of nitrogens with zero attached hydrogens (tertiary/aromatic N) is 4. The normalized spacial score (nSPS) is 18.9. The van der Waals surface area contributed by atoms with Crippen LogP contribution in [0.2, 0.25) is 0 Å². The number of carbonyl (C=O) groups is 2. The Balaban J connectivity index is 1.79. The van der Waals surface area contributed by atoms with E-state index in [1.807, 2.05) is 0 Å². The first-order valence-electron chi connectivity index (χ1n) is 5.37. The van der Waals surface area contributed by atoms with Gasteiger partial charge in [0.05, 0.1) is 18.6 Å². The minimum Gasteiger partial charge on any atom is -0.480 e.